The Bertz CT molecular complexity index is 858. The molecule has 0 unspecified atom stereocenters. The van der Waals surface area contributed by atoms with E-state index in [4.69, 9.17) is 5.73 Å². The number of para-hydroxylation sites is 2. The Hall–Kier alpha value is -3.08. The lowest BCUT2D eigenvalue weighted by molar-refractivity contribution is 0.945. The normalized spacial score (nSPS) is 12.9. The third-order valence-corrected chi connectivity index (χ3v) is 4.62. The molecule has 0 spiro atoms. The van der Waals surface area contributed by atoms with E-state index in [-0.39, 0.29) is 0 Å². The number of fused-ring (bicyclic) bond motifs is 1. The molecule has 126 valence electrons. The fourth-order valence-corrected chi connectivity index (χ4v) is 3.43. The van der Waals surface area contributed by atoms with Crippen molar-refractivity contribution in [2.45, 2.75) is 13.3 Å². The molecule has 25 heavy (non-hydrogen) atoms. The van der Waals surface area contributed by atoms with Crippen LogP contribution < -0.4 is 15.5 Å². The van der Waals surface area contributed by atoms with Crippen LogP contribution in [-0.4, -0.2) is 23.1 Å². The third-order valence-electron chi connectivity index (χ3n) is 4.62. The highest BCUT2D eigenvalue weighted by Gasteiger charge is 2.25. The maximum absolute atomic E-state index is 6.53. The standard InChI is InChI=1S/C20H21N5/c1-2-24(16-9-4-3-5-10-16)19-18(21)20(23-14-22-19)25-13-12-15-8-6-7-11-17(15)25/h3-11,14H,2,12-13,21H2,1H3. The molecule has 1 aliphatic rings. The first-order chi connectivity index (χ1) is 12.3. The van der Waals surface area contributed by atoms with Crippen molar-refractivity contribution in [3.8, 4) is 0 Å². The summed E-state index contributed by atoms with van der Waals surface area (Å²) in [7, 11) is 0. The molecule has 0 saturated heterocycles. The number of nitrogen functional groups attached to an aromatic ring is 1. The Balaban J connectivity index is 1.77. The SMILES string of the molecule is CCN(c1ccccc1)c1ncnc(N2CCc3ccccc32)c1N. The zero-order valence-corrected chi connectivity index (χ0v) is 14.3. The minimum absolute atomic E-state index is 0.616. The van der Waals surface area contributed by atoms with E-state index >= 15 is 0 Å². The van der Waals surface area contributed by atoms with Crippen molar-refractivity contribution in [1.82, 2.24) is 9.97 Å². The topological polar surface area (TPSA) is 58.3 Å². The molecule has 2 heterocycles. The molecule has 2 N–H and O–H groups in total. The molecule has 5 nitrogen and oxygen atoms in total. The summed E-state index contributed by atoms with van der Waals surface area (Å²) < 4.78 is 0. The van der Waals surface area contributed by atoms with E-state index in [1.54, 1.807) is 6.33 Å². The lowest BCUT2D eigenvalue weighted by Gasteiger charge is -2.26. The summed E-state index contributed by atoms with van der Waals surface area (Å²) in [4.78, 5) is 13.3. The van der Waals surface area contributed by atoms with Gasteiger partial charge in [0.2, 0.25) is 0 Å². The Morgan fingerprint density at radius 1 is 1.04 bits per heavy atom. The molecule has 1 aliphatic heterocycles. The molecule has 0 radical (unpaired) electrons. The van der Waals surface area contributed by atoms with Crippen molar-refractivity contribution < 1.29 is 0 Å². The minimum Gasteiger partial charge on any atom is -0.393 e. The lowest BCUT2D eigenvalue weighted by atomic mass is 10.2. The average molecular weight is 331 g/mol. The molecule has 0 fully saturated rings. The number of anilines is 5. The van der Waals surface area contributed by atoms with Gasteiger partial charge in [-0.2, -0.15) is 0 Å². The molecular weight excluding hydrogens is 310 g/mol. The molecular formula is C20H21N5. The molecule has 0 saturated carbocycles. The maximum Gasteiger partial charge on any atom is 0.161 e. The van der Waals surface area contributed by atoms with Gasteiger partial charge < -0.3 is 15.5 Å². The first-order valence-electron chi connectivity index (χ1n) is 8.58. The summed E-state index contributed by atoms with van der Waals surface area (Å²) in [5.41, 5.74) is 10.7. The van der Waals surface area contributed by atoms with Gasteiger partial charge in [0.25, 0.3) is 0 Å². The average Bonchev–Trinajstić information content (AvgIpc) is 3.09. The van der Waals surface area contributed by atoms with Crippen molar-refractivity contribution in [3.05, 3.63) is 66.5 Å². The number of nitrogens with two attached hydrogens (primary N) is 1. The van der Waals surface area contributed by atoms with Crippen molar-refractivity contribution in [3.63, 3.8) is 0 Å². The van der Waals surface area contributed by atoms with Gasteiger partial charge in [0.05, 0.1) is 0 Å². The van der Waals surface area contributed by atoms with Crippen LogP contribution in [0.4, 0.5) is 28.7 Å². The molecule has 0 bridgehead atoms. The fourth-order valence-electron chi connectivity index (χ4n) is 3.43. The van der Waals surface area contributed by atoms with E-state index in [1.165, 1.54) is 11.3 Å². The molecule has 5 heteroatoms. The van der Waals surface area contributed by atoms with Crippen molar-refractivity contribution in [1.29, 1.82) is 0 Å². The number of aromatic nitrogens is 2. The van der Waals surface area contributed by atoms with Crippen molar-refractivity contribution in [2.24, 2.45) is 0 Å². The number of hydrogen-bond acceptors (Lipinski definition) is 5. The Kier molecular flexibility index (Phi) is 3.98. The van der Waals surface area contributed by atoms with Crippen LogP contribution >= 0.6 is 0 Å². The molecule has 0 aliphatic carbocycles. The van der Waals surface area contributed by atoms with Gasteiger partial charge in [-0.1, -0.05) is 36.4 Å². The Labute approximate surface area is 147 Å². The van der Waals surface area contributed by atoms with E-state index in [2.05, 4.69) is 63.1 Å². The highest BCUT2D eigenvalue weighted by atomic mass is 15.3. The van der Waals surface area contributed by atoms with Crippen LogP contribution in [0.2, 0.25) is 0 Å². The largest absolute Gasteiger partial charge is 0.393 e. The summed E-state index contributed by atoms with van der Waals surface area (Å²) in [6.07, 6.45) is 2.61. The van der Waals surface area contributed by atoms with E-state index in [0.717, 1.165) is 36.8 Å². The third kappa shape index (κ3) is 2.67. The van der Waals surface area contributed by atoms with Gasteiger partial charge in [0, 0.05) is 24.5 Å². The second kappa shape index (κ2) is 6.43. The van der Waals surface area contributed by atoms with Crippen LogP contribution in [0.15, 0.2) is 60.9 Å². The fraction of sp³-hybridized carbons (Fsp3) is 0.200. The summed E-state index contributed by atoms with van der Waals surface area (Å²) in [5.74, 6) is 1.53. The van der Waals surface area contributed by atoms with Crippen LogP contribution in [0.1, 0.15) is 12.5 Å². The van der Waals surface area contributed by atoms with Gasteiger partial charge in [0.1, 0.15) is 12.0 Å². The van der Waals surface area contributed by atoms with Gasteiger partial charge in [0.15, 0.2) is 11.6 Å². The first kappa shape index (κ1) is 15.4. The molecule has 3 aromatic rings. The Morgan fingerprint density at radius 3 is 2.60 bits per heavy atom. The van der Waals surface area contributed by atoms with Gasteiger partial charge >= 0.3 is 0 Å². The monoisotopic (exact) mass is 331 g/mol. The van der Waals surface area contributed by atoms with Crippen LogP contribution in [0.3, 0.4) is 0 Å². The van der Waals surface area contributed by atoms with Crippen LogP contribution in [0.25, 0.3) is 0 Å². The minimum atomic E-state index is 0.616. The molecule has 1 aromatic heterocycles. The Morgan fingerprint density at radius 2 is 1.80 bits per heavy atom. The summed E-state index contributed by atoms with van der Waals surface area (Å²) in [6, 6.07) is 18.6. The molecule has 0 atom stereocenters. The van der Waals surface area contributed by atoms with Gasteiger partial charge in [-0.05, 0) is 37.1 Å². The van der Waals surface area contributed by atoms with Crippen molar-refractivity contribution in [2.75, 3.05) is 28.6 Å². The van der Waals surface area contributed by atoms with E-state index in [1.807, 2.05) is 18.2 Å². The lowest BCUT2D eigenvalue weighted by Crippen LogP contribution is -2.22. The van der Waals surface area contributed by atoms with E-state index < -0.39 is 0 Å². The summed E-state index contributed by atoms with van der Waals surface area (Å²) >= 11 is 0. The predicted octanol–water partition coefficient (Wildman–Crippen LogP) is 3.91. The van der Waals surface area contributed by atoms with E-state index in [9.17, 15) is 0 Å². The molecule has 0 amide bonds. The zero-order valence-electron chi connectivity index (χ0n) is 14.3. The molecule has 4 rings (SSSR count). The van der Waals surface area contributed by atoms with Gasteiger partial charge in [-0.15, -0.1) is 0 Å². The van der Waals surface area contributed by atoms with Gasteiger partial charge in [-0.3, -0.25) is 0 Å². The highest BCUT2D eigenvalue weighted by molar-refractivity contribution is 5.84. The van der Waals surface area contributed by atoms with Crippen LogP contribution in [-0.2, 0) is 6.42 Å². The van der Waals surface area contributed by atoms with Crippen LogP contribution in [0.5, 0.6) is 0 Å². The molecule has 2 aromatic carbocycles. The zero-order chi connectivity index (χ0) is 17.2. The van der Waals surface area contributed by atoms with E-state index in [0.29, 0.717) is 5.69 Å². The maximum atomic E-state index is 6.53. The second-order valence-electron chi connectivity index (χ2n) is 6.04. The summed E-state index contributed by atoms with van der Waals surface area (Å²) in [6.45, 7) is 3.76. The number of hydrogen-bond donors (Lipinski definition) is 1. The predicted molar refractivity (Wildman–Crippen MR) is 103 cm³/mol. The highest BCUT2D eigenvalue weighted by Crippen LogP contribution is 2.39. The second-order valence-corrected chi connectivity index (χ2v) is 6.04. The first-order valence-corrected chi connectivity index (χ1v) is 8.58. The van der Waals surface area contributed by atoms with Crippen LogP contribution in [0, 0.1) is 0 Å². The number of rotatable bonds is 4. The van der Waals surface area contributed by atoms with Gasteiger partial charge in [-0.25, -0.2) is 9.97 Å². The number of benzene rings is 2. The van der Waals surface area contributed by atoms with Crippen molar-refractivity contribution >= 4 is 28.7 Å². The smallest absolute Gasteiger partial charge is 0.161 e. The quantitative estimate of drug-likeness (QED) is 0.785. The number of nitrogens with zero attached hydrogens (tertiary/aromatic N) is 4. The summed E-state index contributed by atoms with van der Waals surface area (Å²) in [5, 5.41) is 0.